The Balaban J connectivity index is 1.71. The van der Waals surface area contributed by atoms with Crippen LogP contribution < -0.4 is 10.1 Å². The molecule has 1 fully saturated rings. The highest BCUT2D eigenvalue weighted by atomic mass is 16.5. The monoisotopic (exact) mass is 273 g/mol. The summed E-state index contributed by atoms with van der Waals surface area (Å²) in [7, 11) is 1.75. The third kappa shape index (κ3) is 2.85. The maximum Gasteiger partial charge on any atom is 0.119 e. The molecule has 2 aliphatic rings. The molecule has 0 aromatic heterocycles. The molecule has 1 aromatic carbocycles. The van der Waals surface area contributed by atoms with Gasteiger partial charge in [0, 0.05) is 12.1 Å². The molecular formula is C18H27NO. The van der Waals surface area contributed by atoms with Crippen LogP contribution in [0.2, 0.25) is 0 Å². The number of aryl methyl sites for hydroxylation is 1. The van der Waals surface area contributed by atoms with Crippen molar-refractivity contribution in [2.45, 2.75) is 58.0 Å². The van der Waals surface area contributed by atoms with E-state index in [2.05, 4.69) is 37.4 Å². The molecule has 0 bridgehead atoms. The van der Waals surface area contributed by atoms with Crippen LogP contribution in [-0.2, 0) is 6.42 Å². The Morgan fingerprint density at radius 2 is 1.85 bits per heavy atom. The molecule has 3 atom stereocenters. The van der Waals surface area contributed by atoms with Gasteiger partial charge in [0.1, 0.15) is 5.75 Å². The molecule has 3 unspecified atom stereocenters. The summed E-state index contributed by atoms with van der Waals surface area (Å²) in [5.41, 5.74) is 2.97. The van der Waals surface area contributed by atoms with E-state index >= 15 is 0 Å². The summed E-state index contributed by atoms with van der Waals surface area (Å²) in [6.45, 7) is 4.80. The quantitative estimate of drug-likeness (QED) is 0.895. The lowest BCUT2D eigenvalue weighted by molar-refractivity contribution is 0.225. The van der Waals surface area contributed by atoms with Gasteiger partial charge in [0.2, 0.25) is 0 Å². The summed E-state index contributed by atoms with van der Waals surface area (Å²) in [5, 5.41) is 3.93. The van der Waals surface area contributed by atoms with Crippen LogP contribution in [0.15, 0.2) is 18.2 Å². The number of benzene rings is 1. The van der Waals surface area contributed by atoms with Crippen LogP contribution in [0.3, 0.4) is 0 Å². The average molecular weight is 273 g/mol. The second-order valence-electron chi connectivity index (χ2n) is 6.94. The maximum absolute atomic E-state index is 5.38. The first kappa shape index (κ1) is 13.9. The van der Waals surface area contributed by atoms with Gasteiger partial charge in [-0.3, -0.25) is 0 Å². The summed E-state index contributed by atoms with van der Waals surface area (Å²) in [5.74, 6) is 2.72. The summed E-state index contributed by atoms with van der Waals surface area (Å²) < 4.78 is 5.38. The van der Waals surface area contributed by atoms with Crippen LogP contribution in [0.1, 0.15) is 56.7 Å². The lowest BCUT2D eigenvalue weighted by Gasteiger charge is -2.34. The molecular weight excluding hydrogens is 246 g/mol. The first-order valence-electron chi connectivity index (χ1n) is 8.08. The fourth-order valence-corrected chi connectivity index (χ4v) is 4.25. The van der Waals surface area contributed by atoms with Gasteiger partial charge < -0.3 is 10.1 Å². The lowest BCUT2D eigenvalue weighted by Crippen LogP contribution is -2.38. The zero-order chi connectivity index (χ0) is 14.1. The maximum atomic E-state index is 5.38. The van der Waals surface area contributed by atoms with Crippen molar-refractivity contribution >= 4 is 0 Å². The van der Waals surface area contributed by atoms with Crippen molar-refractivity contribution in [2.75, 3.05) is 7.11 Å². The van der Waals surface area contributed by atoms with Crippen molar-refractivity contribution in [1.29, 1.82) is 0 Å². The van der Waals surface area contributed by atoms with Crippen molar-refractivity contribution in [3.8, 4) is 5.75 Å². The highest BCUT2D eigenvalue weighted by molar-refractivity contribution is 5.40. The van der Waals surface area contributed by atoms with E-state index in [1.807, 2.05) is 0 Å². The van der Waals surface area contributed by atoms with Gasteiger partial charge in [0.05, 0.1) is 7.11 Å². The van der Waals surface area contributed by atoms with Gasteiger partial charge in [0.25, 0.3) is 0 Å². The minimum absolute atomic E-state index is 0.530. The van der Waals surface area contributed by atoms with Gasteiger partial charge >= 0.3 is 0 Å². The van der Waals surface area contributed by atoms with E-state index in [1.165, 1.54) is 43.2 Å². The summed E-state index contributed by atoms with van der Waals surface area (Å²) in [4.78, 5) is 0. The third-order valence-electron chi connectivity index (χ3n) is 5.05. The molecule has 2 aliphatic carbocycles. The van der Waals surface area contributed by atoms with Gasteiger partial charge in [-0.15, -0.1) is 0 Å². The van der Waals surface area contributed by atoms with Crippen LogP contribution >= 0.6 is 0 Å². The molecule has 0 radical (unpaired) electrons. The molecule has 0 amide bonds. The number of hydrogen-bond donors (Lipinski definition) is 1. The van der Waals surface area contributed by atoms with Crippen molar-refractivity contribution < 1.29 is 4.74 Å². The standard InChI is InChI=1S/C18H27NO/c1-12-8-13(2)10-15(9-12)19-18-7-5-14-4-6-16(20-3)11-17(14)18/h4,6,11-13,15,18-19H,5,7-10H2,1-3H3. The van der Waals surface area contributed by atoms with Gasteiger partial charge in [-0.1, -0.05) is 19.9 Å². The van der Waals surface area contributed by atoms with Crippen LogP contribution in [0.25, 0.3) is 0 Å². The van der Waals surface area contributed by atoms with Crippen molar-refractivity contribution in [1.82, 2.24) is 5.32 Å². The minimum atomic E-state index is 0.530. The highest BCUT2D eigenvalue weighted by Gasteiger charge is 2.29. The molecule has 0 aliphatic heterocycles. The largest absolute Gasteiger partial charge is 0.497 e. The van der Waals surface area contributed by atoms with E-state index < -0.39 is 0 Å². The van der Waals surface area contributed by atoms with Gasteiger partial charge in [-0.05, 0) is 67.2 Å². The first-order valence-corrected chi connectivity index (χ1v) is 8.08. The molecule has 2 heteroatoms. The van der Waals surface area contributed by atoms with Crippen molar-refractivity contribution in [3.05, 3.63) is 29.3 Å². The van der Waals surface area contributed by atoms with Crippen LogP contribution in [0, 0.1) is 11.8 Å². The van der Waals surface area contributed by atoms with Gasteiger partial charge in [-0.25, -0.2) is 0 Å². The smallest absolute Gasteiger partial charge is 0.119 e. The Labute approximate surface area is 122 Å². The molecule has 3 rings (SSSR count). The van der Waals surface area contributed by atoms with Crippen LogP contribution in [0.5, 0.6) is 5.75 Å². The fraction of sp³-hybridized carbons (Fsp3) is 0.667. The fourth-order valence-electron chi connectivity index (χ4n) is 4.25. The second-order valence-corrected chi connectivity index (χ2v) is 6.94. The lowest BCUT2D eigenvalue weighted by atomic mass is 9.80. The predicted octanol–water partition coefficient (Wildman–Crippen LogP) is 4.10. The molecule has 0 spiro atoms. The predicted molar refractivity (Wildman–Crippen MR) is 83.2 cm³/mol. The molecule has 1 saturated carbocycles. The van der Waals surface area contributed by atoms with E-state index in [-0.39, 0.29) is 0 Å². The number of hydrogen-bond acceptors (Lipinski definition) is 2. The van der Waals surface area contributed by atoms with E-state index in [9.17, 15) is 0 Å². The second kappa shape index (κ2) is 5.77. The Morgan fingerprint density at radius 3 is 2.55 bits per heavy atom. The molecule has 0 heterocycles. The van der Waals surface area contributed by atoms with Crippen LogP contribution in [-0.4, -0.2) is 13.2 Å². The van der Waals surface area contributed by atoms with Gasteiger partial charge in [-0.2, -0.15) is 0 Å². The number of methoxy groups -OCH3 is 1. The van der Waals surface area contributed by atoms with E-state index in [0.29, 0.717) is 12.1 Å². The van der Waals surface area contributed by atoms with E-state index in [1.54, 1.807) is 7.11 Å². The molecule has 110 valence electrons. The van der Waals surface area contributed by atoms with Crippen molar-refractivity contribution in [2.24, 2.45) is 11.8 Å². The number of rotatable bonds is 3. The third-order valence-corrected chi connectivity index (χ3v) is 5.05. The first-order chi connectivity index (χ1) is 9.65. The molecule has 1 N–H and O–H groups in total. The zero-order valence-corrected chi connectivity index (χ0v) is 13.0. The normalized spacial score (nSPS) is 33.0. The van der Waals surface area contributed by atoms with Crippen molar-refractivity contribution in [3.63, 3.8) is 0 Å². The summed E-state index contributed by atoms with van der Waals surface area (Å²) >= 11 is 0. The van der Waals surface area contributed by atoms with E-state index in [4.69, 9.17) is 4.74 Å². The number of fused-ring (bicyclic) bond motifs is 1. The summed E-state index contributed by atoms with van der Waals surface area (Å²) in [6, 6.07) is 7.78. The summed E-state index contributed by atoms with van der Waals surface area (Å²) in [6.07, 6.45) is 6.50. The topological polar surface area (TPSA) is 21.3 Å². The zero-order valence-electron chi connectivity index (χ0n) is 13.0. The molecule has 20 heavy (non-hydrogen) atoms. The Morgan fingerprint density at radius 1 is 1.10 bits per heavy atom. The molecule has 1 aromatic rings. The SMILES string of the molecule is COc1ccc2c(c1)C(NC1CC(C)CC(C)C1)CC2. The average Bonchev–Trinajstić information content (AvgIpc) is 2.80. The molecule has 0 saturated heterocycles. The Bertz CT molecular complexity index is 460. The Hall–Kier alpha value is -1.02. The van der Waals surface area contributed by atoms with Gasteiger partial charge in [0.15, 0.2) is 0 Å². The highest BCUT2D eigenvalue weighted by Crippen LogP contribution is 2.36. The van der Waals surface area contributed by atoms with Crippen LogP contribution in [0.4, 0.5) is 0 Å². The number of ether oxygens (including phenoxy) is 1. The van der Waals surface area contributed by atoms with E-state index in [0.717, 1.165) is 17.6 Å². The molecule has 2 nitrogen and oxygen atoms in total. The minimum Gasteiger partial charge on any atom is -0.497 e. The number of nitrogens with one attached hydrogen (secondary N) is 1. The Kier molecular flexibility index (Phi) is 4.02.